The normalized spacial score (nSPS) is 12.3. The van der Waals surface area contributed by atoms with Crippen LogP contribution in [0.25, 0.3) is 0 Å². The van der Waals surface area contributed by atoms with Crippen molar-refractivity contribution in [3.8, 4) is 0 Å². The van der Waals surface area contributed by atoms with Crippen LogP contribution in [-0.4, -0.2) is 19.5 Å². The number of hydrogen-bond acceptors (Lipinski definition) is 2. The van der Waals surface area contributed by atoms with E-state index in [1.54, 1.807) is 12.3 Å². The van der Waals surface area contributed by atoms with E-state index in [1.807, 2.05) is 25.3 Å². The topological polar surface area (TPSA) is 51.1 Å². The van der Waals surface area contributed by atoms with Gasteiger partial charge in [0.1, 0.15) is 0 Å². The van der Waals surface area contributed by atoms with Gasteiger partial charge in [-0.25, -0.2) is 13.1 Å². The Bertz CT molecular complexity index is 466. The van der Waals surface area contributed by atoms with Gasteiger partial charge in [0.25, 0.3) is 0 Å². The fraction of sp³-hybridized carbons (Fsp3) is 0.636. The minimum Gasteiger partial charge on any atom is -0.346 e. The molecule has 0 radical (unpaired) electrons. The Kier molecular flexibility index (Phi) is 5.04. The summed E-state index contributed by atoms with van der Waals surface area (Å²) in [5, 5.41) is 0. The summed E-state index contributed by atoms with van der Waals surface area (Å²) < 4.78 is 28.3. The van der Waals surface area contributed by atoms with Crippen LogP contribution in [-0.2, 0) is 15.9 Å². The second-order valence-corrected chi connectivity index (χ2v) is 6.23. The standard InChI is InChI=1S/C11H19ClN2O2S/c1-4-5-13-17(15,16)11-6-10(7-12)14(8-11)9(2)3/h6,8-9,13H,4-5,7H2,1-3H3. The van der Waals surface area contributed by atoms with E-state index in [4.69, 9.17) is 11.6 Å². The van der Waals surface area contributed by atoms with Gasteiger partial charge in [0, 0.05) is 24.5 Å². The first-order valence-corrected chi connectivity index (χ1v) is 7.70. The van der Waals surface area contributed by atoms with Crippen LogP contribution in [0.5, 0.6) is 0 Å². The zero-order valence-electron chi connectivity index (χ0n) is 10.4. The van der Waals surface area contributed by atoms with E-state index in [0.717, 1.165) is 12.1 Å². The van der Waals surface area contributed by atoms with Crippen LogP contribution in [0.4, 0.5) is 0 Å². The van der Waals surface area contributed by atoms with Crippen molar-refractivity contribution in [2.75, 3.05) is 6.54 Å². The van der Waals surface area contributed by atoms with Gasteiger partial charge < -0.3 is 4.57 Å². The molecule has 1 heterocycles. The number of rotatable bonds is 6. The lowest BCUT2D eigenvalue weighted by atomic mass is 10.4. The first kappa shape index (κ1) is 14.5. The molecule has 6 heteroatoms. The molecular weight excluding hydrogens is 260 g/mol. The predicted molar refractivity (Wildman–Crippen MR) is 69.9 cm³/mol. The number of halogens is 1. The van der Waals surface area contributed by atoms with E-state index in [9.17, 15) is 8.42 Å². The SMILES string of the molecule is CCCNS(=O)(=O)c1cc(CCl)n(C(C)C)c1. The monoisotopic (exact) mass is 278 g/mol. The van der Waals surface area contributed by atoms with Crippen LogP contribution in [0.1, 0.15) is 38.9 Å². The van der Waals surface area contributed by atoms with E-state index >= 15 is 0 Å². The molecule has 0 atom stereocenters. The van der Waals surface area contributed by atoms with Gasteiger partial charge in [0.2, 0.25) is 10.0 Å². The van der Waals surface area contributed by atoms with Gasteiger partial charge in [0.15, 0.2) is 0 Å². The molecule has 0 unspecified atom stereocenters. The third-order valence-electron chi connectivity index (χ3n) is 2.45. The van der Waals surface area contributed by atoms with Crippen molar-refractivity contribution in [3.05, 3.63) is 18.0 Å². The summed E-state index contributed by atoms with van der Waals surface area (Å²) >= 11 is 5.81. The Morgan fingerprint density at radius 2 is 2.12 bits per heavy atom. The molecule has 1 aromatic heterocycles. The molecule has 0 saturated heterocycles. The Morgan fingerprint density at radius 1 is 1.47 bits per heavy atom. The number of hydrogen-bond donors (Lipinski definition) is 1. The van der Waals surface area contributed by atoms with Crippen LogP contribution < -0.4 is 4.72 Å². The second-order valence-electron chi connectivity index (χ2n) is 4.20. The van der Waals surface area contributed by atoms with Gasteiger partial charge in [-0.15, -0.1) is 11.6 Å². The molecule has 1 aromatic rings. The Morgan fingerprint density at radius 3 is 2.53 bits per heavy atom. The highest BCUT2D eigenvalue weighted by atomic mass is 35.5. The summed E-state index contributed by atoms with van der Waals surface area (Å²) in [7, 11) is -3.40. The number of aromatic nitrogens is 1. The summed E-state index contributed by atoms with van der Waals surface area (Å²) in [5.74, 6) is 0.307. The van der Waals surface area contributed by atoms with E-state index in [0.29, 0.717) is 12.4 Å². The van der Waals surface area contributed by atoms with Gasteiger partial charge in [-0.2, -0.15) is 0 Å². The first-order chi connectivity index (χ1) is 7.92. The van der Waals surface area contributed by atoms with Crippen molar-refractivity contribution in [2.24, 2.45) is 0 Å². The molecule has 0 aromatic carbocycles. The molecule has 0 amide bonds. The largest absolute Gasteiger partial charge is 0.346 e. The highest BCUT2D eigenvalue weighted by Crippen LogP contribution is 2.20. The first-order valence-electron chi connectivity index (χ1n) is 5.68. The Labute approximate surface area is 108 Å². The summed E-state index contributed by atoms with van der Waals surface area (Å²) in [6.07, 6.45) is 2.41. The molecule has 4 nitrogen and oxygen atoms in total. The van der Waals surface area contributed by atoms with E-state index in [-0.39, 0.29) is 10.9 Å². The molecule has 0 bridgehead atoms. The maximum atomic E-state index is 11.9. The molecule has 1 rings (SSSR count). The predicted octanol–water partition coefficient (Wildman–Crippen LogP) is 2.50. The van der Waals surface area contributed by atoms with Crippen molar-refractivity contribution in [1.82, 2.24) is 9.29 Å². The lowest BCUT2D eigenvalue weighted by Crippen LogP contribution is -2.24. The Balaban J connectivity index is 3.07. The quantitative estimate of drug-likeness (QED) is 0.813. The second kappa shape index (κ2) is 5.89. The van der Waals surface area contributed by atoms with Gasteiger partial charge in [-0.05, 0) is 26.3 Å². The summed E-state index contributed by atoms with van der Waals surface area (Å²) in [4.78, 5) is 0.287. The van der Waals surface area contributed by atoms with E-state index in [1.165, 1.54) is 0 Å². The number of sulfonamides is 1. The summed E-state index contributed by atoms with van der Waals surface area (Å²) in [6, 6.07) is 1.82. The number of alkyl halides is 1. The maximum absolute atomic E-state index is 11.9. The van der Waals surface area contributed by atoms with Gasteiger partial charge >= 0.3 is 0 Å². The van der Waals surface area contributed by atoms with Crippen LogP contribution in [0.15, 0.2) is 17.2 Å². The maximum Gasteiger partial charge on any atom is 0.242 e. The number of nitrogens with zero attached hydrogens (tertiary/aromatic N) is 1. The fourth-order valence-corrected chi connectivity index (χ4v) is 2.95. The molecule has 0 aliphatic rings. The average Bonchev–Trinajstić information content (AvgIpc) is 2.71. The summed E-state index contributed by atoms with van der Waals surface area (Å²) in [5.41, 5.74) is 0.818. The van der Waals surface area contributed by atoms with Gasteiger partial charge in [-0.1, -0.05) is 6.92 Å². The highest BCUT2D eigenvalue weighted by molar-refractivity contribution is 7.89. The van der Waals surface area contributed by atoms with Crippen molar-refractivity contribution in [1.29, 1.82) is 0 Å². The van der Waals surface area contributed by atoms with Crippen molar-refractivity contribution in [3.63, 3.8) is 0 Å². The van der Waals surface area contributed by atoms with Gasteiger partial charge in [-0.3, -0.25) is 0 Å². The molecule has 0 aliphatic carbocycles. The third kappa shape index (κ3) is 3.47. The van der Waals surface area contributed by atoms with Crippen molar-refractivity contribution in [2.45, 2.75) is 44.0 Å². The minimum atomic E-state index is -3.40. The lowest BCUT2D eigenvalue weighted by molar-refractivity contribution is 0.573. The molecule has 0 fully saturated rings. The average molecular weight is 279 g/mol. The molecule has 98 valence electrons. The number of nitrogens with one attached hydrogen (secondary N) is 1. The van der Waals surface area contributed by atoms with Crippen LogP contribution in [0.3, 0.4) is 0 Å². The zero-order valence-corrected chi connectivity index (χ0v) is 12.0. The van der Waals surface area contributed by atoms with Crippen LogP contribution >= 0.6 is 11.6 Å². The fourth-order valence-electron chi connectivity index (χ4n) is 1.55. The molecule has 17 heavy (non-hydrogen) atoms. The van der Waals surface area contributed by atoms with Crippen molar-refractivity contribution >= 4 is 21.6 Å². The molecule has 0 spiro atoms. The third-order valence-corrected chi connectivity index (χ3v) is 4.15. The van der Waals surface area contributed by atoms with Crippen LogP contribution in [0.2, 0.25) is 0 Å². The molecular formula is C11H19ClN2O2S. The van der Waals surface area contributed by atoms with Gasteiger partial charge in [0.05, 0.1) is 10.8 Å². The molecule has 0 saturated carbocycles. The molecule has 0 aliphatic heterocycles. The van der Waals surface area contributed by atoms with E-state index < -0.39 is 10.0 Å². The smallest absolute Gasteiger partial charge is 0.242 e. The highest BCUT2D eigenvalue weighted by Gasteiger charge is 2.18. The van der Waals surface area contributed by atoms with E-state index in [2.05, 4.69) is 4.72 Å². The lowest BCUT2D eigenvalue weighted by Gasteiger charge is -2.10. The zero-order chi connectivity index (χ0) is 13.1. The molecule has 1 N–H and O–H groups in total. The Hall–Kier alpha value is -0.520. The van der Waals surface area contributed by atoms with Crippen LogP contribution in [0, 0.1) is 0 Å². The van der Waals surface area contributed by atoms with Crippen molar-refractivity contribution < 1.29 is 8.42 Å². The minimum absolute atomic E-state index is 0.193. The summed E-state index contributed by atoms with van der Waals surface area (Å²) in [6.45, 7) is 6.36.